The van der Waals surface area contributed by atoms with Crippen molar-refractivity contribution in [2.75, 3.05) is 0 Å². The number of aliphatic carboxylic acids is 1. The number of rotatable bonds is 2. The van der Waals surface area contributed by atoms with Gasteiger partial charge >= 0.3 is 5.97 Å². The van der Waals surface area contributed by atoms with E-state index in [0.717, 1.165) is 0 Å². The highest BCUT2D eigenvalue weighted by Gasteiger charge is 2.51. The number of fused-ring (bicyclic) bond motifs is 1. The molecule has 0 aromatic heterocycles. The first-order valence-electron chi connectivity index (χ1n) is 5.15. The maximum atomic E-state index is 11.7. The van der Waals surface area contributed by atoms with Crippen LogP contribution in [-0.4, -0.2) is 39.1 Å². The van der Waals surface area contributed by atoms with Crippen LogP contribution in [0.25, 0.3) is 0 Å². The fourth-order valence-electron chi connectivity index (χ4n) is 2.28. The first-order valence-corrected chi connectivity index (χ1v) is 5.15. The molecule has 0 bridgehead atoms. The Hall–Kier alpha value is -1.62. The van der Waals surface area contributed by atoms with Crippen LogP contribution in [0.2, 0.25) is 0 Å². The molecule has 2 rings (SSSR count). The summed E-state index contributed by atoms with van der Waals surface area (Å²) in [5, 5.41) is 18.4. The molecule has 2 aliphatic heterocycles. The summed E-state index contributed by atoms with van der Waals surface area (Å²) in [6, 6.07) is -0.228. The first-order chi connectivity index (χ1) is 7.54. The largest absolute Gasteiger partial charge is 0.477 e. The number of hydrogen-bond donors (Lipinski definition) is 2. The van der Waals surface area contributed by atoms with Gasteiger partial charge in [0.15, 0.2) is 0 Å². The smallest absolute Gasteiger partial charge is 0.352 e. The van der Waals surface area contributed by atoms with Crippen molar-refractivity contribution < 1.29 is 19.8 Å². The molecule has 0 radical (unpaired) electrons. The number of carboxylic acids is 1. The molecule has 0 aromatic carbocycles. The van der Waals surface area contributed by atoms with Crippen LogP contribution in [-0.2, 0) is 9.59 Å². The number of carboxylic acid groups (broad SMARTS) is 1. The molecule has 5 nitrogen and oxygen atoms in total. The van der Waals surface area contributed by atoms with E-state index in [9.17, 15) is 14.7 Å². The van der Waals surface area contributed by atoms with Crippen LogP contribution in [0.3, 0.4) is 0 Å². The van der Waals surface area contributed by atoms with Crippen molar-refractivity contribution in [3.63, 3.8) is 0 Å². The normalized spacial score (nSPS) is 30.0. The average molecular weight is 223 g/mol. The molecule has 1 saturated heterocycles. The van der Waals surface area contributed by atoms with Crippen molar-refractivity contribution in [1.82, 2.24) is 4.90 Å². The quantitative estimate of drug-likeness (QED) is 0.652. The molecule has 2 heterocycles. The molecule has 0 aliphatic carbocycles. The van der Waals surface area contributed by atoms with Gasteiger partial charge in [0.05, 0.1) is 18.1 Å². The lowest BCUT2D eigenvalue weighted by atomic mass is 9.81. The van der Waals surface area contributed by atoms with E-state index >= 15 is 0 Å². The number of aliphatic hydroxyl groups is 1. The van der Waals surface area contributed by atoms with Gasteiger partial charge in [0.2, 0.25) is 5.91 Å². The van der Waals surface area contributed by atoms with Crippen molar-refractivity contribution in [1.29, 1.82) is 0 Å². The Kier molecular flexibility index (Phi) is 2.55. The Labute approximate surface area is 92.7 Å². The second kappa shape index (κ2) is 3.75. The highest BCUT2D eigenvalue weighted by atomic mass is 16.4. The van der Waals surface area contributed by atoms with Crippen LogP contribution < -0.4 is 0 Å². The molecule has 0 aromatic rings. The average Bonchev–Trinajstić information content (AvgIpc) is 2.36. The number of nitrogens with zero attached hydrogens (tertiary/aromatic N) is 1. The summed E-state index contributed by atoms with van der Waals surface area (Å²) < 4.78 is 0. The summed E-state index contributed by atoms with van der Waals surface area (Å²) in [6.07, 6.45) is 4.70. The number of aliphatic hydroxyl groups excluding tert-OH is 1. The molecule has 0 saturated carbocycles. The summed E-state index contributed by atoms with van der Waals surface area (Å²) in [6.45, 7) is 1.55. The minimum absolute atomic E-state index is 0.0133. The summed E-state index contributed by atoms with van der Waals surface area (Å²) >= 11 is 0. The molecular formula is C11H13NO4. The monoisotopic (exact) mass is 223 g/mol. The molecular weight excluding hydrogens is 210 g/mol. The standard InChI is InChI=1S/C11H13NO4/c1-6(13)9-7-4-2-3-5-8(11(15)16)12(7)10(9)14/h2-3,5-7,9,13H,4H2,1H3,(H,15,16)/t6-,7-,9-/m1/s1. The van der Waals surface area contributed by atoms with Gasteiger partial charge in [0.1, 0.15) is 5.70 Å². The van der Waals surface area contributed by atoms with E-state index in [0.29, 0.717) is 6.42 Å². The highest BCUT2D eigenvalue weighted by molar-refractivity contribution is 5.98. The van der Waals surface area contributed by atoms with Gasteiger partial charge in [-0.2, -0.15) is 0 Å². The molecule has 86 valence electrons. The summed E-state index contributed by atoms with van der Waals surface area (Å²) in [5.74, 6) is -1.91. The Morgan fingerprint density at radius 2 is 2.31 bits per heavy atom. The van der Waals surface area contributed by atoms with Crippen LogP contribution in [0.4, 0.5) is 0 Å². The number of amides is 1. The van der Waals surface area contributed by atoms with Crippen molar-refractivity contribution >= 4 is 11.9 Å². The predicted molar refractivity (Wildman–Crippen MR) is 55.3 cm³/mol. The Bertz CT molecular complexity index is 397. The van der Waals surface area contributed by atoms with Crippen molar-refractivity contribution in [2.45, 2.75) is 25.5 Å². The number of carbonyl (C=O) groups is 2. The lowest BCUT2D eigenvalue weighted by Gasteiger charge is -2.47. The third kappa shape index (κ3) is 1.44. The second-order valence-electron chi connectivity index (χ2n) is 4.06. The maximum absolute atomic E-state index is 11.7. The van der Waals surface area contributed by atoms with Gasteiger partial charge < -0.3 is 15.1 Å². The van der Waals surface area contributed by atoms with Crippen molar-refractivity contribution in [3.8, 4) is 0 Å². The van der Waals surface area contributed by atoms with Gasteiger partial charge in [-0.3, -0.25) is 4.79 Å². The topological polar surface area (TPSA) is 77.8 Å². The van der Waals surface area contributed by atoms with Crippen LogP contribution in [0, 0.1) is 5.92 Å². The molecule has 2 N–H and O–H groups in total. The number of allylic oxidation sites excluding steroid dienone is 2. The van der Waals surface area contributed by atoms with Crippen LogP contribution >= 0.6 is 0 Å². The van der Waals surface area contributed by atoms with Crippen molar-refractivity contribution in [2.24, 2.45) is 5.92 Å². The second-order valence-corrected chi connectivity index (χ2v) is 4.06. The minimum Gasteiger partial charge on any atom is -0.477 e. The summed E-state index contributed by atoms with van der Waals surface area (Å²) in [5.41, 5.74) is -0.0133. The minimum atomic E-state index is -1.12. The fraction of sp³-hybridized carbons (Fsp3) is 0.455. The highest BCUT2D eigenvalue weighted by Crippen LogP contribution is 2.36. The molecule has 2 aliphatic rings. The van der Waals surface area contributed by atoms with Gasteiger partial charge in [-0.15, -0.1) is 0 Å². The summed E-state index contributed by atoms with van der Waals surface area (Å²) in [4.78, 5) is 24.0. The maximum Gasteiger partial charge on any atom is 0.352 e. The zero-order chi connectivity index (χ0) is 11.9. The lowest BCUT2D eigenvalue weighted by molar-refractivity contribution is -0.163. The van der Waals surface area contributed by atoms with Crippen LogP contribution in [0.15, 0.2) is 23.9 Å². The van der Waals surface area contributed by atoms with E-state index in [-0.39, 0.29) is 17.6 Å². The van der Waals surface area contributed by atoms with E-state index < -0.39 is 18.0 Å². The Balaban J connectivity index is 2.29. The third-order valence-corrected chi connectivity index (χ3v) is 3.03. The zero-order valence-electron chi connectivity index (χ0n) is 8.83. The Morgan fingerprint density at radius 3 is 2.88 bits per heavy atom. The van der Waals surface area contributed by atoms with E-state index in [1.807, 2.05) is 6.08 Å². The first kappa shape index (κ1) is 10.9. The third-order valence-electron chi connectivity index (χ3n) is 3.03. The van der Waals surface area contributed by atoms with Crippen LogP contribution in [0.5, 0.6) is 0 Å². The predicted octanol–water partition coefficient (Wildman–Crippen LogP) is 0.123. The molecule has 16 heavy (non-hydrogen) atoms. The SMILES string of the molecule is C[C@@H](O)[C@H]1C(=O)N2C(C(=O)O)=CC=CC[C@H]12. The van der Waals surface area contributed by atoms with Crippen molar-refractivity contribution in [3.05, 3.63) is 23.9 Å². The lowest BCUT2D eigenvalue weighted by Crippen LogP contribution is -2.63. The van der Waals surface area contributed by atoms with E-state index in [2.05, 4.69) is 0 Å². The molecule has 1 amide bonds. The molecule has 5 heteroatoms. The molecule has 0 unspecified atom stereocenters. The van der Waals surface area contributed by atoms with Crippen LogP contribution in [0.1, 0.15) is 13.3 Å². The Morgan fingerprint density at radius 1 is 1.62 bits per heavy atom. The number of carbonyl (C=O) groups excluding carboxylic acids is 1. The van der Waals surface area contributed by atoms with E-state index in [4.69, 9.17) is 5.11 Å². The van der Waals surface area contributed by atoms with Gasteiger partial charge in [-0.1, -0.05) is 12.2 Å². The molecule has 0 spiro atoms. The van der Waals surface area contributed by atoms with E-state index in [1.54, 1.807) is 13.0 Å². The molecule has 3 atom stereocenters. The van der Waals surface area contributed by atoms with Gasteiger partial charge in [-0.05, 0) is 19.4 Å². The number of hydrogen-bond acceptors (Lipinski definition) is 3. The van der Waals surface area contributed by atoms with Gasteiger partial charge in [0.25, 0.3) is 0 Å². The van der Waals surface area contributed by atoms with Gasteiger partial charge in [-0.25, -0.2) is 4.79 Å². The fourth-order valence-corrected chi connectivity index (χ4v) is 2.28. The van der Waals surface area contributed by atoms with E-state index in [1.165, 1.54) is 11.0 Å². The number of β-lactam (4-membered cyclic amide) rings is 1. The zero-order valence-corrected chi connectivity index (χ0v) is 8.83. The summed E-state index contributed by atoms with van der Waals surface area (Å²) in [7, 11) is 0. The molecule has 1 fully saturated rings. The van der Waals surface area contributed by atoms with Gasteiger partial charge in [0, 0.05) is 0 Å².